The fourth-order valence-corrected chi connectivity index (χ4v) is 2.55. The van der Waals surface area contributed by atoms with E-state index in [4.69, 9.17) is 0 Å². The van der Waals surface area contributed by atoms with Crippen molar-refractivity contribution in [1.82, 2.24) is 5.32 Å². The number of hydrogen-bond donors (Lipinski definition) is 3. The summed E-state index contributed by atoms with van der Waals surface area (Å²) in [6.07, 6.45) is 5.15. The molecule has 0 bridgehead atoms. The lowest BCUT2D eigenvalue weighted by Crippen LogP contribution is -2.31. The Morgan fingerprint density at radius 1 is 1.35 bits per heavy atom. The van der Waals surface area contributed by atoms with Crippen molar-refractivity contribution in [3.05, 3.63) is 23.3 Å². The van der Waals surface area contributed by atoms with Gasteiger partial charge in [0.1, 0.15) is 0 Å². The van der Waals surface area contributed by atoms with Gasteiger partial charge in [0.05, 0.1) is 0 Å². The summed E-state index contributed by atoms with van der Waals surface area (Å²) in [7, 11) is 0. The maximum Gasteiger partial charge on any atom is 0.160 e. The molecule has 2 rings (SSSR count). The minimum absolute atomic E-state index is 0.00344. The summed E-state index contributed by atoms with van der Waals surface area (Å²) in [5.41, 5.74) is 2.11. The summed E-state index contributed by atoms with van der Waals surface area (Å²) in [5, 5.41) is 22.9. The van der Waals surface area contributed by atoms with Gasteiger partial charge in [-0.25, -0.2) is 0 Å². The van der Waals surface area contributed by atoms with Gasteiger partial charge in [-0.2, -0.15) is 0 Å². The second-order valence-corrected chi connectivity index (χ2v) is 4.82. The average molecular weight is 235 g/mol. The summed E-state index contributed by atoms with van der Waals surface area (Å²) in [6, 6.07) is 4.03. The first-order valence-corrected chi connectivity index (χ1v) is 6.48. The fraction of sp³-hybridized carbons (Fsp3) is 0.571. The standard InChI is InChI=1S/C14H21NO2/c1-2-8-15-11-4-3-5-12-10(9-11)6-7-13(16)14(12)17/h6-7,11,15-17H,2-5,8-9H2,1H3. The van der Waals surface area contributed by atoms with Gasteiger partial charge in [-0.1, -0.05) is 13.0 Å². The number of aromatic hydroxyl groups is 2. The van der Waals surface area contributed by atoms with Gasteiger partial charge in [-0.3, -0.25) is 0 Å². The number of benzene rings is 1. The van der Waals surface area contributed by atoms with E-state index in [1.54, 1.807) is 6.07 Å². The lowest BCUT2D eigenvalue weighted by Gasteiger charge is -2.16. The molecular weight excluding hydrogens is 214 g/mol. The van der Waals surface area contributed by atoms with E-state index in [2.05, 4.69) is 12.2 Å². The van der Waals surface area contributed by atoms with Crippen molar-refractivity contribution in [1.29, 1.82) is 0 Å². The van der Waals surface area contributed by atoms with E-state index in [0.29, 0.717) is 6.04 Å². The third kappa shape index (κ3) is 2.72. The second kappa shape index (κ2) is 5.41. The van der Waals surface area contributed by atoms with E-state index in [-0.39, 0.29) is 11.5 Å². The molecule has 1 unspecified atom stereocenters. The van der Waals surface area contributed by atoms with Gasteiger partial charge in [0.25, 0.3) is 0 Å². The molecule has 0 aromatic heterocycles. The van der Waals surface area contributed by atoms with Gasteiger partial charge >= 0.3 is 0 Å². The molecule has 0 saturated carbocycles. The topological polar surface area (TPSA) is 52.5 Å². The molecule has 1 aliphatic carbocycles. The highest BCUT2D eigenvalue weighted by Gasteiger charge is 2.19. The van der Waals surface area contributed by atoms with Gasteiger partial charge in [0.2, 0.25) is 0 Å². The highest BCUT2D eigenvalue weighted by atomic mass is 16.3. The molecular formula is C14H21NO2. The first-order chi connectivity index (χ1) is 8.22. The maximum atomic E-state index is 9.86. The van der Waals surface area contributed by atoms with E-state index in [0.717, 1.165) is 44.2 Å². The third-order valence-electron chi connectivity index (χ3n) is 3.49. The molecule has 1 aromatic rings. The molecule has 3 heteroatoms. The molecule has 0 amide bonds. The molecule has 1 aliphatic rings. The molecule has 0 aliphatic heterocycles. The Kier molecular flexibility index (Phi) is 3.89. The fourth-order valence-electron chi connectivity index (χ4n) is 2.55. The third-order valence-corrected chi connectivity index (χ3v) is 3.49. The minimum atomic E-state index is 0.00344. The highest BCUT2D eigenvalue weighted by molar-refractivity contribution is 5.49. The Labute approximate surface area is 102 Å². The summed E-state index contributed by atoms with van der Waals surface area (Å²) < 4.78 is 0. The molecule has 0 radical (unpaired) electrons. The molecule has 0 heterocycles. The average Bonchev–Trinajstić information content (AvgIpc) is 2.54. The molecule has 1 aromatic carbocycles. The van der Waals surface area contributed by atoms with Crippen LogP contribution in [0, 0.1) is 0 Å². The van der Waals surface area contributed by atoms with E-state index >= 15 is 0 Å². The van der Waals surface area contributed by atoms with Crippen LogP contribution < -0.4 is 5.32 Å². The first kappa shape index (κ1) is 12.2. The Bertz CT molecular complexity index is 390. The van der Waals surface area contributed by atoms with Crippen LogP contribution in [0.1, 0.15) is 37.3 Å². The molecule has 1 atom stereocenters. The van der Waals surface area contributed by atoms with Crippen molar-refractivity contribution in [3.8, 4) is 11.5 Å². The van der Waals surface area contributed by atoms with Gasteiger partial charge in [0, 0.05) is 11.6 Å². The summed E-state index contributed by atoms with van der Waals surface area (Å²) >= 11 is 0. The quantitative estimate of drug-likeness (QED) is 0.557. The van der Waals surface area contributed by atoms with Crippen molar-refractivity contribution in [3.63, 3.8) is 0 Å². The number of phenols is 2. The van der Waals surface area contributed by atoms with Crippen LogP contribution >= 0.6 is 0 Å². The predicted octanol–water partition coefficient (Wildman–Crippen LogP) is 2.34. The molecule has 94 valence electrons. The van der Waals surface area contributed by atoms with Crippen molar-refractivity contribution in [2.75, 3.05) is 6.54 Å². The number of phenolic OH excluding ortho intramolecular Hbond substituents is 2. The predicted molar refractivity (Wildman–Crippen MR) is 68.5 cm³/mol. The summed E-state index contributed by atoms with van der Waals surface area (Å²) in [6.45, 7) is 3.21. The lowest BCUT2D eigenvalue weighted by atomic mass is 10.0. The summed E-state index contributed by atoms with van der Waals surface area (Å²) in [5.74, 6) is 0.0855. The Morgan fingerprint density at radius 3 is 2.94 bits per heavy atom. The Hall–Kier alpha value is -1.22. The Balaban J connectivity index is 2.18. The maximum absolute atomic E-state index is 9.86. The van der Waals surface area contributed by atoms with Gasteiger partial charge in [0.15, 0.2) is 11.5 Å². The Morgan fingerprint density at radius 2 is 2.18 bits per heavy atom. The molecule has 3 nitrogen and oxygen atoms in total. The van der Waals surface area contributed by atoms with Crippen LogP contribution in [-0.4, -0.2) is 22.8 Å². The van der Waals surface area contributed by atoms with Gasteiger partial charge < -0.3 is 15.5 Å². The van der Waals surface area contributed by atoms with Crippen LogP contribution in [0.15, 0.2) is 12.1 Å². The summed E-state index contributed by atoms with van der Waals surface area (Å²) in [4.78, 5) is 0. The smallest absolute Gasteiger partial charge is 0.160 e. The van der Waals surface area contributed by atoms with Crippen LogP contribution in [-0.2, 0) is 12.8 Å². The lowest BCUT2D eigenvalue weighted by molar-refractivity contribution is 0.398. The molecule has 0 fully saturated rings. The van der Waals surface area contributed by atoms with Gasteiger partial charge in [-0.15, -0.1) is 0 Å². The number of hydrogen-bond acceptors (Lipinski definition) is 3. The molecule has 3 N–H and O–H groups in total. The first-order valence-electron chi connectivity index (χ1n) is 6.48. The molecule has 0 spiro atoms. The largest absolute Gasteiger partial charge is 0.504 e. The van der Waals surface area contributed by atoms with Crippen molar-refractivity contribution in [2.24, 2.45) is 0 Å². The SMILES string of the molecule is CCCNC1CCCc2c(ccc(O)c2O)C1. The van der Waals surface area contributed by atoms with Crippen LogP contribution in [0.5, 0.6) is 11.5 Å². The zero-order valence-corrected chi connectivity index (χ0v) is 10.4. The van der Waals surface area contributed by atoms with Crippen molar-refractivity contribution >= 4 is 0 Å². The van der Waals surface area contributed by atoms with E-state index in [1.165, 1.54) is 5.56 Å². The van der Waals surface area contributed by atoms with Crippen LogP contribution in [0.25, 0.3) is 0 Å². The molecule has 0 saturated heterocycles. The van der Waals surface area contributed by atoms with E-state index in [9.17, 15) is 10.2 Å². The van der Waals surface area contributed by atoms with Crippen LogP contribution in [0.3, 0.4) is 0 Å². The normalized spacial score (nSPS) is 19.7. The van der Waals surface area contributed by atoms with Crippen LogP contribution in [0.4, 0.5) is 0 Å². The number of rotatable bonds is 3. The van der Waals surface area contributed by atoms with Crippen LogP contribution in [0.2, 0.25) is 0 Å². The highest BCUT2D eigenvalue weighted by Crippen LogP contribution is 2.35. The van der Waals surface area contributed by atoms with Gasteiger partial charge in [-0.05, 0) is 50.3 Å². The number of fused-ring (bicyclic) bond motifs is 1. The zero-order valence-electron chi connectivity index (χ0n) is 10.4. The molecule has 17 heavy (non-hydrogen) atoms. The zero-order chi connectivity index (χ0) is 12.3. The monoisotopic (exact) mass is 235 g/mol. The minimum Gasteiger partial charge on any atom is -0.504 e. The van der Waals surface area contributed by atoms with Crippen molar-refractivity contribution in [2.45, 2.75) is 45.1 Å². The second-order valence-electron chi connectivity index (χ2n) is 4.82. The van der Waals surface area contributed by atoms with E-state index in [1.807, 2.05) is 6.07 Å². The number of nitrogens with one attached hydrogen (secondary N) is 1. The van der Waals surface area contributed by atoms with E-state index < -0.39 is 0 Å². The van der Waals surface area contributed by atoms with Crippen molar-refractivity contribution < 1.29 is 10.2 Å².